The molecule has 0 bridgehead atoms. The molecule has 7 nitrogen and oxygen atoms in total. The molecule has 1 unspecified atom stereocenters. The number of likely N-dealkylation sites (N-methyl/N-ethyl adjacent to an activating group) is 1. The average molecular weight is 328 g/mol. The van der Waals surface area contributed by atoms with Gasteiger partial charge in [0, 0.05) is 52.9 Å². The van der Waals surface area contributed by atoms with Crippen molar-refractivity contribution in [1.82, 2.24) is 15.5 Å². The number of carbonyl (C=O) groups excluding carboxylic acids is 1. The molecule has 23 heavy (non-hydrogen) atoms. The number of aliphatic imine (C=N–C) groups is 1. The summed E-state index contributed by atoms with van der Waals surface area (Å²) in [6.07, 6.45) is 3.10. The van der Waals surface area contributed by atoms with E-state index in [0.29, 0.717) is 11.9 Å². The summed E-state index contributed by atoms with van der Waals surface area (Å²) in [6.45, 7) is 6.98. The first-order valence-electron chi connectivity index (χ1n) is 8.51. The Labute approximate surface area is 139 Å². The third-order valence-electron chi connectivity index (χ3n) is 3.67. The zero-order valence-electron chi connectivity index (χ0n) is 14.8. The highest BCUT2D eigenvalue weighted by molar-refractivity contribution is 5.84. The van der Waals surface area contributed by atoms with Gasteiger partial charge in [0.2, 0.25) is 5.91 Å². The molecule has 134 valence electrons. The minimum absolute atomic E-state index is 0.00774. The number of ether oxygens (including phenoxy) is 2. The first-order chi connectivity index (χ1) is 11.1. The maximum atomic E-state index is 11.7. The molecule has 1 amide bonds. The molecule has 1 atom stereocenters. The lowest BCUT2D eigenvalue weighted by molar-refractivity contribution is -0.127. The fourth-order valence-corrected chi connectivity index (χ4v) is 2.13. The van der Waals surface area contributed by atoms with Gasteiger partial charge in [-0.3, -0.25) is 4.79 Å². The molecular formula is C16H32N4O3. The van der Waals surface area contributed by atoms with Crippen molar-refractivity contribution in [1.29, 1.82) is 0 Å². The van der Waals surface area contributed by atoms with E-state index in [4.69, 9.17) is 9.47 Å². The number of hydrogen-bond acceptors (Lipinski definition) is 4. The fraction of sp³-hybridized carbons (Fsp3) is 0.875. The number of amides is 1. The van der Waals surface area contributed by atoms with Crippen LogP contribution in [0.3, 0.4) is 0 Å². The van der Waals surface area contributed by atoms with Gasteiger partial charge in [-0.1, -0.05) is 0 Å². The Bertz CT molecular complexity index is 355. The number of nitrogens with one attached hydrogen (secondary N) is 2. The van der Waals surface area contributed by atoms with E-state index in [0.717, 1.165) is 58.8 Å². The van der Waals surface area contributed by atoms with Gasteiger partial charge in [0.15, 0.2) is 5.96 Å². The zero-order valence-corrected chi connectivity index (χ0v) is 14.8. The summed E-state index contributed by atoms with van der Waals surface area (Å²) in [5, 5.41) is 6.60. The molecule has 1 heterocycles. The Hall–Kier alpha value is -1.34. The molecule has 0 aromatic rings. The van der Waals surface area contributed by atoms with Crippen molar-refractivity contribution < 1.29 is 14.3 Å². The van der Waals surface area contributed by atoms with Crippen LogP contribution < -0.4 is 10.6 Å². The Morgan fingerprint density at radius 1 is 1.35 bits per heavy atom. The van der Waals surface area contributed by atoms with Gasteiger partial charge < -0.3 is 25.0 Å². The molecule has 1 aliphatic heterocycles. The quantitative estimate of drug-likeness (QED) is 0.346. The van der Waals surface area contributed by atoms with Gasteiger partial charge >= 0.3 is 0 Å². The minimum atomic E-state index is -0.00774. The molecule has 1 rings (SSSR count). The summed E-state index contributed by atoms with van der Waals surface area (Å²) in [5.41, 5.74) is 0. The van der Waals surface area contributed by atoms with Crippen LogP contribution in [-0.2, 0) is 14.3 Å². The molecule has 1 fully saturated rings. The summed E-state index contributed by atoms with van der Waals surface area (Å²) in [6, 6.07) is 0. The molecule has 0 aromatic carbocycles. The predicted molar refractivity (Wildman–Crippen MR) is 91.7 cm³/mol. The van der Waals surface area contributed by atoms with Gasteiger partial charge in [-0.05, 0) is 26.2 Å². The van der Waals surface area contributed by atoms with E-state index in [1.165, 1.54) is 0 Å². The maximum absolute atomic E-state index is 11.7. The standard InChI is InChI=1S/C16H32N4O3/c1-4-22-9-6-5-8-17-16(19-12-15(21)20(2)3)18-11-14-7-10-23-13-14/h14H,4-13H2,1-3H3,(H2,17,18,19). The molecule has 0 aliphatic carbocycles. The lowest BCUT2D eigenvalue weighted by atomic mass is 10.1. The first kappa shape index (κ1) is 19.7. The van der Waals surface area contributed by atoms with Crippen molar-refractivity contribution in [2.24, 2.45) is 10.9 Å². The van der Waals surface area contributed by atoms with Gasteiger partial charge in [-0.15, -0.1) is 0 Å². The highest BCUT2D eigenvalue weighted by Gasteiger charge is 2.15. The number of nitrogens with zero attached hydrogens (tertiary/aromatic N) is 2. The second kappa shape index (κ2) is 12.1. The average Bonchev–Trinajstić information content (AvgIpc) is 3.05. The third kappa shape index (κ3) is 9.40. The lowest BCUT2D eigenvalue weighted by Gasteiger charge is -2.15. The van der Waals surface area contributed by atoms with Gasteiger partial charge in [0.25, 0.3) is 0 Å². The Morgan fingerprint density at radius 2 is 2.17 bits per heavy atom. The fourth-order valence-electron chi connectivity index (χ4n) is 2.13. The SMILES string of the molecule is CCOCCCCNC(=NCC(=O)N(C)C)NCC1CCOC1. The van der Waals surface area contributed by atoms with Crippen molar-refractivity contribution in [2.75, 3.05) is 60.2 Å². The van der Waals surface area contributed by atoms with Crippen LogP contribution in [0.15, 0.2) is 4.99 Å². The van der Waals surface area contributed by atoms with Crippen molar-refractivity contribution in [3.63, 3.8) is 0 Å². The van der Waals surface area contributed by atoms with E-state index in [9.17, 15) is 4.79 Å². The van der Waals surface area contributed by atoms with E-state index in [2.05, 4.69) is 15.6 Å². The summed E-state index contributed by atoms with van der Waals surface area (Å²) in [5.74, 6) is 1.21. The second-order valence-corrected chi connectivity index (χ2v) is 5.89. The molecule has 1 saturated heterocycles. The van der Waals surface area contributed by atoms with Crippen LogP contribution in [0.4, 0.5) is 0 Å². The second-order valence-electron chi connectivity index (χ2n) is 5.89. The van der Waals surface area contributed by atoms with Crippen molar-refractivity contribution >= 4 is 11.9 Å². The zero-order chi connectivity index (χ0) is 16.9. The van der Waals surface area contributed by atoms with Crippen LogP contribution in [0.5, 0.6) is 0 Å². The highest BCUT2D eigenvalue weighted by atomic mass is 16.5. The maximum Gasteiger partial charge on any atom is 0.243 e. The summed E-state index contributed by atoms with van der Waals surface area (Å²) in [4.78, 5) is 17.6. The molecule has 2 N–H and O–H groups in total. The van der Waals surface area contributed by atoms with Crippen molar-refractivity contribution in [3.05, 3.63) is 0 Å². The van der Waals surface area contributed by atoms with Gasteiger partial charge in [0.1, 0.15) is 6.54 Å². The van der Waals surface area contributed by atoms with E-state index in [1.54, 1.807) is 19.0 Å². The van der Waals surface area contributed by atoms with Crippen LogP contribution in [0.1, 0.15) is 26.2 Å². The Morgan fingerprint density at radius 3 is 2.83 bits per heavy atom. The monoisotopic (exact) mass is 328 g/mol. The lowest BCUT2D eigenvalue weighted by Crippen LogP contribution is -2.41. The number of unbranched alkanes of at least 4 members (excludes halogenated alkanes) is 1. The van der Waals surface area contributed by atoms with Crippen molar-refractivity contribution in [2.45, 2.75) is 26.2 Å². The number of hydrogen-bond donors (Lipinski definition) is 2. The summed E-state index contributed by atoms with van der Waals surface area (Å²) < 4.78 is 10.7. The van der Waals surface area contributed by atoms with Gasteiger partial charge in [-0.25, -0.2) is 4.99 Å². The smallest absolute Gasteiger partial charge is 0.243 e. The Balaban J connectivity index is 2.33. The molecular weight excluding hydrogens is 296 g/mol. The van der Waals surface area contributed by atoms with Crippen LogP contribution in [0.2, 0.25) is 0 Å². The molecule has 0 aromatic heterocycles. The van der Waals surface area contributed by atoms with Crippen LogP contribution in [0.25, 0.3) is 0 Å². The van der Waals surface area contributed by atoms with Crippen LogP contribution in [-0.4, -0.2) is 76.9 Å². The predicted octanol–water partition coefficient (Wildman–Crippen LogP) is 0.463. The van der Waals surface area contributed by atoms with Gasteiger partial charge in [0.05, 0.1) is 6.61 Å². The van der Waals surface area contributed by atoms with Crippen molar-refractivity contribution in [3.8, 4) is 0 Å². The van der Waals surface area contributed by atoms with E-state index < -0.39 is 0 Å². The third-order valence-corrected chi connectivity index (χ3v) is 3.67. The highest BCUT2D eigenvalue weighted by Crippen LogP contribution is 2.10. The van der Waals surface area contributed by atoms with Crippen LogP contribution in [0, 0.1) is 5.92 Å². The van der Waals surface area contributed by atoms with E-state index in [1.807, 2.05) is 6.92 Å². The minimum Gasteiger partial charge on any atom is -0.382 e. The normalized spacial score (nSPS) is 18.0. The molecule has 7 heteroatoms. The van der Waals surface area contributed by atoms with Gasteiger partial charge in [-0.2, -0.15) is 0 Å². The largest absolute Gasteiger partial charge is 0.382 e. The molecule has 1 aliphatic rings. The number of carbonyl (C=O) groups is 1. The first-order valence-corrected chi connectivity index (χ1v) is 8.51. The number of guanidine groups is 1. The van der Waals surface area contributed by atoms with E-state index >= 15 is 0 Å². The molecule has 0 radical (unpaired) electrons. The summed E-state index contributed by atoms with van der Waals surface area (Å²) >= 11 is 0. The van der Waals surface area contributed by atoms with Crippen LogP contribution >= 0.6 is 0 Å². The summed E-state index contributed by atoms with van der Waals surface area (Å²) in [7, 11) is 3.48. The Kier molecular flexibility index (Phi) is 10.4. The van der Waals surface area contributed by atoms with E-state index in [-0.39, 0.29) is 12.5 Å². The number of rotatable bonds is 10. The topological polar surface area (TPSA) is 75.2 Å². The molecule has 0 spiro atoms. The molecule has 0 saturated carbocycles.